The van der Waals surface area contributed by atoms with Crippen molar-refractivity contribution < 1.29 is 33.2 Å². The Morgan fingerprint density at radius 2 is 1.89 bits per heavy atom. The van der Waals surface area contributed by atoms with Crippen molar-refractivity contribution in [1.29, 1.82) is 0 Å². The molecule has 2 aromatic rings. The zero-order chi connectivity index (χ0) is 20.8. The number of aromatic nitrogens is 1. The van der Waals surface area contributed by atoms with Crippen LogP contribution in [0.4, 0.5) is 11.5 Å². The molecular formula is C17H19N3O8. The Kier molecular flexibility index (Phi) is 6.53. The van der Waals surface area contributed by atoms with E-state index in [4.69, 9.17) is 18.7 Å². The number of benzene rings is 1. The van der Waals surface area contributed by atoms with Crippen LogP contribution in [0.25, 0.3) is 0 Å². The van der Waals surface area contributed by atoms with Gasteiger partial charge in [0.2, 0.25) is 0 Å². The second-order valence-corrected chi connectivity index (χ2v) is 5.60. The molecule has 1 aromatic carbocycles. The van der Waals surface area contributed by atoms with Crippen LogP contribution in [-0.2, 0) is 9.53 Å². The minimum Gasteiger partial charge on any atom is -0.493 e. The average molecular weight is 393 g/mol. The van der Waals surface area contributed by atoms with Crippen LogP contribution >= 0.6 is 0 Å². The SMILES string of the molecule is CCC(OC(=O)c1cc(OC)c(OC)cc1[N+](=O)[O-])C(=O)Nc1cc(C)on1. The summed E-state index contributed by atoms with van der Waals surface area (Å²) in [6.07, 6.45) is -1.06. The standard InChI is InChI=1S/C17H19N3O8/c1-5-12(16(21)18-15-6-9(2)28-19-15)27-17(22)10-7-13(25-3)14(26-4)8-11(10)20(23)24/h6-8,12H,5H2,1-4H3,(H,18,19,21). The maximum absolute atomic E-state index is 12.5. The summed E-state index contributed by atoms with van der Waals surface area (Å²) in [7, 11) is 2.63. The number of aryl methyl sites for hydroxylation is 1. The lowest BCUT2D eigenvalue weighted by Gasteiger charge is -2.16. The van der Waals surface area contributed by atoms with Crippen LogP contribution in [0.1, 0.15) is 29.5 Å². The Bertz CT molecular complexity index is 893. The van der Waals surface area contributed by atoms with Gasteiger partial charge in [0, 0.05) is 12.1 Å². The Balaban J connectivity index is 2.26. The Morgan fingerprint density at radius 1 is 1.25 bits per heavy atom. The Hall–Kier alpha value is -3.63. The molecule has 0 bridgehead atoms. The van der Waals surface area contributed by atoms with Crippen molar-refractivity contribution in [3.63, 3.8) is 0 Å². The lowest BCUT2D eigenvalue weighted by molar-refractivity contribution is -0.385. The molecule has 0 saturated carbocycles. The van der Waals surface area contributed by atoms with Crippen molar-refractivity contribution in [2.45, 2.75) is 26.4 Å². The van der Waals surface area contributed by atoms with E-state index >= 15 is 0 Å². The summed E-state index contributed by atoms with van der Waals surface area (Å²) in [4.78, 5) is 35.4. The number of nitro benzene ring substituents is 1. The summed E-state index contributed by atoms with van der Waals surface area (Å²) in [5.74, 6) is -0.860. The minimum absolute atomic E-state index is 0.0805. The maximum atomic E-state index is 12.5. The number of amides is 1. The van der Waals surface area contributed by atoms with Crippen LogP contribution in [0.5, 0.6) is 11.5 Å². The number of anilines is 1. The second kappa shape index (κ2) is 8.84. The summed E-state index contributed by atoms with van der Waals surface area (Å²) in [5.41, 5.74) is -0.906. The lowest BCUT2D eigenvalue weighted by Crippen LogP contribution is -2.32. The van der Waals surface area contributed by atoms with E-state index in [2.05, 4.69) is 10.5 Å². The molecule has 150 valence electrons. The van der Waals surface area contributed by atoms with Crippen LogP contribution in [-0.4, -0.2) is 42.3 Å². The number of hydrogen-bond acceptors (Lipinski definition) is 9. The predicted octanol–water partition coefficient (Wildman–Crippen LogP) is 2.48. The molecule has 0 radical (unpaired) electrons. The van der Waals surface area contributed by atoms with Crippen LogP contribution in [0, 0.1) is 17.0 Å². The topological polar surface area (TPSA) is 143 Å². The summed E-state index contributed by atoms with van der Waals surface area (Å²) in [6, 6.07) is 3.67. The summed E-state index contributed by atoms with van der Waals surface area (Å²) in [5, 5.41) is 17.4. The van der Waals surface area contributed by atoms with Crippen molar-refractivity contribution in [1.82, 2.24) is 5.16 Å². The molecule has 1 aromatic heterocycles. The van der Waals surface area contributed by atoms with Gasteiger partial charge in [0.1, 0.15) is 11.3 Å². The molecule has 11 nitrogen and oxygen atoms in total. The number of rotatable bonds is 8. The van der Waals surface area contributed by atoms with E-state index in [0.29, 0.717) is 5.76 Å². The van der Waals surface area contributed by atoms with Gasteiger partial charge in [-0.3, -0.25) is 14.9 Å². The predicted molar refractivity (Wildman–Crippen MR) is 95.6 cm³/mol. The Labute approximate surface area is 159 Å². The quantitative estimate of drug-likeness (QED) is 0.406. The summed E-state index contributed by atoms with van der Waals surface area (Å²) < 4.78 is 20.1. The monoisotopic (exact) mass is 393 g/mol. The number of nitrogens with one attached hydrogen (secondary N) is 1. The van der Waals surface area contributed by atoms with Gasteiger partial charge in [-0.2, -0.15) is 0 Å². The largest absolute Gasteiger partial charge is 0.493 e. The van der Waals surface area contributed by atoms with E-state index in [1.165, 1.54) is 20.3 Å². The zero-order valence-electron chi connectivity index (χ0n) is 15.7. The van der Waals surface area contributed by atoms with Gasteiger partial charge in [0.15, 0.2) is 23.4 Å². The van der Waals surface area contributed by atoms with Gasteiger partial charge in [-0.25, -0.2) is 4.79 Å². The average Bonchev–Trinajstić information content (AvgIpc) is 3.08. The van der Waals surface area contributed by atoms with Crippen molar-refractivity contribution in [3.8, 4) is 11.5 Å². The molecule has 2 rings (SSSR count). The first kappa shape index (κ1) is 20.7. The van der Waals surface area contributed by atoms with Crippen molar-refractivity contribution in [2.75, 3.05) is 19.5 Å². The first-order valence-electron chi connectivity index (χ1n) is 8.16. The fourth-order valence-corrected chi connectivity index (χ4v) is 2.33. The smallest absolute Gasteiger partial charge is 0.346 e. The molecule has 1 N–H and O–H groups in total. The molecule has 1 heterocycles. The zero-order valence-corrected chi connectivity index (χ0v) is 15.7. The van der Waals surface area contributed by atoms with E-state index in [-0.39, 0.29) is 29.3 Å². The number of carbonyl (C=O) groups excluding carboxylic acids is 2. The Morgan fingerprint density at radius 3 is 2.39 bits per heavy atom. The minimum atomic E-state index is -1.20. The highest BCUT2D eigenvalue weighted by atomic mass is 16.6. The number of ether oxygens (including phenoxy) is 3. The molecule has 0 saturated heterocycles. The van der Waals surface area contributed by atoms with Crippen molar-refractivity contribution >= 4 is 23.4 Å². The summed E-state index contributed by atoms with van der Waals surface area (Å²) >= 11 is 0. The fraction of sp³-hybridized carbons (Fsp3) is 0.353. The molecule has 0 spiro atoms. The molecular weight excluding hydrogens is 374 g/mol. The first-order valence-corrected chi connectivity index (χ1v) is 8.16. The van der Waals surface area contributed by atoms with Crippen LogP contribution < -0.4 is 14.8 Å². The number of hydrogen-bond donors (Lipinski definition) is 1. The van der Waals surface area contributed by atoms with Crippen molar-refractivity contribution in [2.24, 2.45) is 0 Å². The third kappa shape index (κ3) is 4.55. The molecule has 1 unspecified atom stereocenters. The number of methoxy groups -OCH3 is 2. The van der Waals surface area contributed by atoms with E-state index in [9.17, 15) is 19.7 Å². The summed E-state index contributed by atoms with van der Waals surface area (Å²) in [6.45, 7) is 3.27. The van der Waals surface area contributed by atoms with E-state index in [0.717, 1.165) is 12.1 Å². The highest BCUT2D eigenvalue weighted by Crippen LogP contribution is 2.35. The van der Waals surface area contributed by atoms with Gasteiger partial charge in [-0.1, -0.05) is 12.1 Å². The molecule has 0 aliphatic heterocycles. The third-order valence-electron chi connectivity index (χ3n) is 3.71. The molecule has 0 aliphatic rings. The maximum Gasteiger partial charge on any atom is 0.346 e. The van der Waals surface area contributed by atoms with Crippen LogP contribution in [0.2, 0.25) is 0 Å². The highest BCUT2D eigenvalue weighted by molar-refractivity contribution is 5.99. The van der Waals surface area contributed by atoms with Crippen molar-refractivity contribution in [3.05, 3.63) is 39.6 Å². The number of nitrogens with zero attached hydrogens (tertiary/aromatic N) is 2. The van der Waals surface area contributed by atoms with E-state index in [1.807, 2.05) is 0 Å². The third-order valence-corrected chi connectivity index (χ3v) is 3.71. The van der Waals surface area contributed by atoms with Gasteiger partial charge >= 0.3 is 5.97 Å². The van der Waals surface area contributed by atoms with Gasteiger partial charge in [0.05, 0.1) is 25.2 Å². The first-order chi connectivity index (χ1) is 13.3. The van der Waals surface area contributed by atoms with Gasteiger partial charge < -0.3 is 24.1 Å². The molecule has 0 aliphatic carbocycles. The van der Waals surface area contributed by atoms with Crippen LogP contribution in [0.3, 0.4) is 0 Å². The number of esters is 1. The number of carbonyl (C=O) groups is 2. The molecule has 28 heavy (non-hydrogen) atoms. The second-order valence-electron chi connectivity index (χ2n) is 5.60. The van der Waals surface area contributed by atoms with Gasteiger partial charge in [-0.15, -0.1) is 0 Å². The lowest BCUT2D eigenvalue weighted by atomic mass is 10.1. The molecule has 0 fully saturated rings. The van der Waals surface area contributed by atoms with Gasteiger partial charge in [-0.05, 0) is 13.3 Å². The van der Waals surface area contributed by atoms with Gasteiger partial charge in [0.25, 0.3) is 11.6 Å². The number of nitro groups is 1. The highest BCUT2D eigenvalue weighted by Gasteiger charge is 2.29. The van der Waals surface area contributed by atoms with Crippen LogP contribution in [0.15, 0.2) is 22.7 Å². The molecule has 11 heteroatoms. The molecule has 1 atom stereocenters. The normalized spacial score (nSPS) is 11.4. The fourth-order valence-electron chi connectivity index (χ4n) is 2.33. The van der Waals surface area contributed by atoms with E-state index < -0.39 is 28.6 Å². The van der Waals surface area contributed by atoms with E-state index in [1.54, 1.807) is 13.8 Å². The molecule has 1 amide bonds.